The van der Waals surface area contributed by atoms with Gasteiger partial charge in [0.1, 0.15) is 34.0 Å². The summed E-state index contributed by atoms with van der Waals surface area (Å²) in [5.41, 5.74) is 0.179. The van der Waals surface area contributed by atoms with Crippen molar-refractivity contribution in [3.05, 3.63) is 58.0 Å². The minimum Gasteiger partial charge on any atom is -0.507 e. The lowest BCUT2D eigenvalue weighted by molar-refractivity contribution is -0.336. The van der Waals surface area contributed by atoms with Crippen LogP contribution in [0.3, 0.4) is 0 Å². The molecule has 14 nitrogen and oxygen atoms in total. The van der Waals surface area contributed by atoms with Crippen LogP contribution >= 0.6 is 0 Å². The highest BCUT2D eigenvalue weighted by molar-refractivity contribution is 6.21. The third-order valence-corrected chi connectivity index (χ3v) is 13.0. The van der Waals surface area contributed by atoms with Gasteiger partial charge in [0.2, 0.25) is 0 Å². The number of methoxy groups -OCH3 is 1. The van der Waals surface area contributed by atoms with Crippen molar-refractivity contribution in [3.63, 3.8) is 0 Å². The number of hydrogen-bond donors (Lipinski definition) is 3. The number of esters is 1. The highest BCUT2D eigenvalue weighted by atomic mass is 16.7. The van der Waals surface area contributed by atoms with Crippen LogP contribution in [0, 0.1) is 30.6 Å². The lowest BCUT2D eigenvalue weighted by Crippen LogP contribution is -2.56. The Morgan fingerprint density at radius 3 is 2.25 bits per heavy atom. The molecule has 5 aliphatic heterocycles. The molecule has 1 spiro atoms. The van der Waals surface area contributed by atoms with Crippen LogP contribution in [0.2, 0.25) is 0 Å². The van der Waals surface area contributed by atoms with Crippen LogP contribution in [0.25, 0.3) is 10.8 Å². The molecule has 7 bridgehead atoms. The predicted molar refractivity (Wildman–Crippen MR) is 222 cm³/mol. The first-order chi connectivity index (χ1) is 28.2. The van der Waals surface area contributed by atoms with Gasteiger partial charge in [-0.15, -0.1) is 0 Å². The summed E-state index contributed by atoms with van der Waals surface area (Å²) in [5, 5.41) is 27.7. The summed E-state index contributed by atoms with van der Waals surface area (Å²) < 4.78 is 37.6. The summed E-state index contributed by atoms with van der Waals surface area (Å²) in [6.07, 6.45) is 10.5. The number of aromatic hydroxyl groups is 2. The Balaban J connectivity index is 1.43. The molecular weight excluding hydrogens is 771 g/mol. The zero-order chi connectivity index (χ0) is 43.6. The number of hydrogen-bond acceptors (Lipinski definition) is 13. The van der Waals surface area contributed by atoms with Crippen LogP contribution in [0.1, 0.15) is 110 Å². The molecule has 2 aromatic carbocycles. The largest absolute Gasteiger partial charge is 0.507 e. The van der Waals surface area contributed by atoms with Crippen molar-refractivity contribution in [2.24, 2.45) is 33.7 Å². The van der Waals surface area contributed by atoms with E-state index < -0.39 is 64.9 Å². The number of ketones is 1. The first kappa shape index (κ1) is 43.3. The first-order valence-electron chi connectivity index (χ1n) is 21.1. The fraction of sp³-hybridized carbons (Fsp3) is 0.587. The number of allylic oxidation sites excluding steroid dienone is 2. The number of phenols is 2. The lowest BCUT2D eigenvalue weighted by Gasteiger charge is -2.50. The van der Waals surface area contributed by atoms with E-state index in [9.17, 15) is 24.6 Å². The number of nitrogens with zero attached hydrogens (tertiary/aromatic N) is 2. The average Bonchev–Trinajstić information content (AvgIpc) is 3.69. The number of fused-ring (bicyclic) bond motifs is 9. The second-order valence-corrected chi connectivity index (χ2v) is 17.9. The fourth-order valence-electron chi connectivity index (χ4n) is 9.84. The minimum atomic E-state index is -1.90. The number of anilines is 1. The van der Waals surface area contributed by atoms with Gasteiger partial charge in [-0.2, -0.15) is 0 Å². The molecule has 2 fully saturated rings. The predicted octanol–water partition coefficient (Wildman–Crippen LogP) is 6.76. The van der Waals surface area contributed by atoms with Crippen molar-refractivity contribution < 1.29 is 53.0 Å². The molecule has 2 aromatic rings. The van der Waals surface area contributed by atoms with Crippen molar-refractivity contribution in [1.82, 2.24) is 0 Å². The maximum atomic E-state index is 14.7. The van der Waals surface area contributed by atoms with E-state index >= 15 is 0 Å². The number of nitrogens with one attached hydrogen (secondary N) is 1. The number of benzene rings is 2. The molecule has 1 saturated heterocycles. The SMILES string of the molecule is CO[C@H]1/C=C/O[C@@]2(C)Oc3c(C)c(O)c4c(O)c(c5c(c4c3C2=O)NC2(CCCCC2)N=5)=NC(=O)/C(C)=C\C=C\[C@H](C)[C@@H]2OC(C)(C)O[C@@H]([C@@H](C)[C@H](OC(C)=O)[C@@H]1C)[C@@H]2C. The zero-order valence-corrected chi connectivity index (χ0v) is 36.5. The average molecular weight is 830 g/mol. The van der Waals surface area contributed by atoms with E-state index in [1.807, 2.05) is 40.7 Å². The Labute approximate surface area is 350 Å². The molecule has 324 valence electrons. The van der Waals surface area contributed by atoms with Gasteiger partial charge in [0.15, 0.2) is 11.5 Å². The van der Waals surface area contributed by atoms with E-state index in [0.717, 1.165) is 19.3 Å². The molecule has 0 radical (unpaired) electrons. The van der Waals surface area contributed by atoms with Crippen molar-refractivity contribution in [2.75, 3.05) is 12.4 Å². The molecule has 8 rings (SSSR count). The van der Waals surface area contributed by atoms with Crippen LogP contribution in [-0.2, 0) is 33.3 Å². The van der Waals surface area contributed by atoms with Gasteiger partial charge in [-0.05, 0) is 59.5 Å². The monoisotopic (exact) mass is 829 g/mol. The van der Waals surface area contributed by atoms with Gasteiger partial charge in [-0.3, -0.25) is 19.4 Å². The molecular formula is C46H59N3O11. The summed E-state index contributed by atoms with van der Waals surface area (Å²) in [5.74, 6) is -6.31. The van der Waals surface area contributed by atoms with Crippen LogP contribution < -0.4 is 20.8 Å². The van der Waals surface area contributed by atoms with Crippen molar-refractivity contribution in [1.29, 1.82) is 0 Å². The van der Waals surface area contributed by atoms with E-state index in [-0.39, 0.29) is 73.5 Å². The Morgan fingerprint density at radius 2 is 1.58 bits per heavy atom. The van der Waals surface area contributed by atoms with E-state index in [2.05, 4.69) is 17.2 Å². The molecule has 1 amide bonds. The maximum absolute atomic E-state index is 14.7. The Bertz CT molecular complexity index is 2330. The summed E-state index contributed by atoms with van der Waals surface area (Å²) in [6, 6.07) is 0. The van der Waals surface area contributed by atoms with Crippen molar-refractivity contribution in [2.45, 2.75) is 143 Å². The smallest absolute Gasteiger partial charge is 0.312 e. The number of carbonyl (C=O) groups excluding carboxylic acids is 3. The standard InChI is InChI=1S/C46H59N3O11/c1-22-16-15-17-23(2)43(54)47-35-34-33(48-46(49-34)19-13-12-14-20-46)30-31(37(35)52)36(51)25(4)41-32(30)42(53)45(10,60-41)56-21-18-29(55-11)24(3)39(57-28(7)50)27(6)40-26(5)38(22)58-44(8,9)59-40/h15-18,21-22,24,26-27,29,38-40,48,51-52H,12-14,19-20H2,1-11H3/b16-15+,21-18+,23-17-,47-35?/t22-,24+,26+,27-,29-,38-,39+,40+,45-/m0/s1. The quantitative estimate of drug-likeness (QED) is 0.214. The Morgan fingerprint density at radius 1 is 0.900 bits per heavy atom. The summed E-state index contributed by atoms with van der Waals surface area (Å²) in [6.45, 7) is 17.8. The molecule has 5 heterocycles. The van der Waals surface area contributed by atoms with Gasteiger partial charge in [0.25, 0.3) is 11.7 Å². The molecule has 0 aromatic heterocycles. The Kier molecular flexibility index (Phi) is 11.5. The van der Waals surface area contributed by atoms with Gasteiger partial charge in [-0.1, -0.05) is 52.3 Å². The zero-order valence-electron chi connectivity index (χ0n) is 36.5. The normalized spacial score (nSPS) is 34.4. The van der Waals surface area contributed by atoms with Gasteiger partial charge in [-0.25, -0.2) is 4.99 Å². The van der Waals surface area contributed by atoms with E-state index in [4.69, 9.17) is 33.4 Å². The van der Waals surface area contributed by atoms with Crippen LogP contribution in [-0.4, -0.2) is 76.6 Å². The highest BCUT2D eigenvalue weighted by Gasteiger charge is 2.51. The van der Waals surface area contributed by atoms with Gasteiger partial charge in [0, 0.05) is 61.2 Å². The third kappa shape index (κ3) is 7.48. The molecule has 3 N–H and O–H groups in total. The fourth-order valence-corrected chi connectivity index (χ4v) is 9.84. The number of amides is 1. The Hall–Kier alpha value is -4.79. The number of phenolic OH excluding ortho intramolecular Hbond substituents is 2. The van der Waals surface area contributed by atoms with Gasteiger partial charge < -0.3 is 44.0 Å². The highest BCUT2D eigenvalue weighted by Crippen LogP contribution is 2.51. The summed E-state index contributed by atoms with van der Waals surface area (Å²) in [7, 11) is 1.54. The summed E-state index contributed by atoms with van der Waals surface area (Å²) in [4.78, 5) is 50.8. The molecule has 9 atom stereocenters. The van der Waals surface area contributed by atoms with Crippen molar-refractivity contribution >= 4 is 34.1 Å². The van der Waals surface area contributed by atoms with E-state index in [1.165, 1.54) is 27.2 Å². The minimum absolute atomic E-state index is 0.0561. The van der Waals surface area contributed by atoms with Crippen molar-refractivity contribution in [3.8, 4) is 17.2 Å². The topological polar surface area (TPSA) is 184 Å². The first-order valence-corrected chi connectivity index (χ1v) is 21.1. The van der Waals surface area contributed by atoms with Crippen LogP contribution in [0.15, 0.2) is 46.1 Å². The van der Waals surface area contributed by atoms with Crippen LogP contribution in [0.5, 0.6) is 17.2 Å². The third-order valence-electron chi connectivity index (χ3n) is 13.0. The molecule has 0 unspecified atom stereocenters. The number of carbonyl (C=O) groups is 3. The van der Waals surface area contributed by atoms with Gasteiger partial charge in [0.05, 0.1) is 41.2 Å². The van der Waals surface area contributed by atoms with Crippen LogP contribution in [0.4, 0.5) is 5.69 Å². The van der Waals surface area contributed by atoms with Gasteiger partial charge >= 0.3 is 11.8 Å². The number of Topliss-reactive ketones (excluding diaryl/α,β-unsaturated/α-hetero) is 1. The molecule has 14 heteroatoms. The second kappa shape index (κ2) is 15.9. The van der Waals surface area contributed by atoms with E-state index in [1.54, 1.807) is 32.1 Å². The number of rotatable bonds is 2. The molecule has 1 saturated carbocycles. The second-order valence-electron chi connectivity index (χ2n) is 17.9. The number of ether oxygens (including phenoxy) is 6. The molecule has 6 aliphatic rings. The van der Waals surface area contributed by atoms with E-state index in [0.29, 0.717) is 18.5 Å². The maximum Gasteiger partial charge on any atom is 0.312 e. The molecule has 1 aliphatic carbocycles. The summed E-state index contributed by atoms with van der Waals surface area (Å²) >= 11 is 0. The lowest BCUT2D eigenvalue weighted by atomic mass is 9.77. The molecule has 60 heavy (non-hydrogen) atoms.